The van der Waals surface area contributed by atoms with Crippen LogP contribution in [0.5, 0.6) is 0 Å². The molecule has 2 heterocycles. The van der Waals surface area contributed by atoms with Crippen molar-refractivity contribution < 1.29 is 27.9 Å². The molecule has 9 heteroatoms. The summed E-state index contributed by atoms with van der Waals surface area (Å²) in [5, 5.41) is 8.79. The maximum Gasteiger partial charge on any atom is 0.433 e. The highest BCUT2D eigenvalue weighted by Crippen LogP contribution is 2.30. The molecule has 6 nitrogen and oxygen atoms in total. The molecule has 2 rings (SSSR count). The Kier molecular flexibility index (Phi) is 3.13. The number of anilines is 1. The van der Waals surface area contributed by atoms with Crippen molar-refractivity contribution in [1.82, 2.24) is 9.97 Å². The van der Waals surface area contributed by atoms with Gasteiger partial charge in [-0.05, 0) is 0 Å². The number of hydrogen-bond donors (Lipinski definition) is 1. The average molecular weight is 275 g/mol. The SMILES string of the molecule is O=C(O)C1CC(=O)N(c2cc(C(F)(F)F)ncn2)C1. The van der Waals surface area contributed by atoms with E-state index in [1.807, 2.05) is 0 Å². The smallest absolute Gasteiger partial charge is 0.433 e. The third-order valence-electron chi connectivity index (χ3n) is 2.69. The molecule has 1 aromatic heterocycles. The van der Waals surface area contributed by atoms with Gasteiger partial charge in [0, 0.05) is 19.0 Å². The highest BCUT2D eigenvalue weighted by molar-refractivity contribution is 5.98. The first kappa shape index (κ1) is 13.2. The summed E-state index contributed by atoms with van der Waals surface area (Å²) in [6, 6.07) is 0.627. The Morgan fingerprint density at radius 1 is 1.42 bits per heavy atom. The fourth-order valence-corrected chi connectivity index (χ4v) is 1.74. The maximum atomic E-state index is 12.5. The molecule has 19 heavy (non-hydrogen) atoms. The molecule has 1 unspecified atom stereocenters. The summed E-state index contributed by atoms with van der Waals surface area (Å²) in [5.74, 6) is -2.91. The van der Waals surface area contributed by atoms with Crippen molar-refractivity contribution in [3.8, 4) is 0 Å². The first-order valence-corrected chi connectivity index (χ1v) is 5.21. The van der Waals surface area contributed by atoms with Gasteiger partial charge in [0.15, 0.2) is 0 Å². The van der Waals surface area contributed by atoms with Gasteiger partial charge in [0.25, 0.3) is 0 Å². The summed E-state index contributed by atoms with van der Waals surface area (Å²) in [6.45, 7) is -0.192. The fourth-order valence-electron chi connectivity index (χ4n) is 1.74. The minimum atomic E-state index is -4.65. The molecule has 102 valence electrons. The van der Waals surface area contributed by atoms with Crippen molar-refractivity contribution in [3.63, 3.8) is 0 Å². The number of carbonyl (C=O) groups is 2. The molecule has 1 amide bonds. The van der Waals surface area contributed by atoms with Crippen molar-refractivity contribution in [2.45, 2.75) is 12.6 Å². The van der Waals surface area contributed by atoms with E-state index in [0.29, 0.717) is 12.4 Å². The van der Waals surface area contributed by atoms with Crippen molar-refractivity contribution in [1.29, 1.82) is 0 Å². The van der Waals surface area contributed by atoms with E-state index in [-0.39, 0.29) is 18.8 Å². The standard InChI is InChI=1S/C10H8F3N3O3/c11-10(12,13)6-2-7(15-4-14-6)16-3-5(9(18)19)1-8(16)17/h2,4-5H,1,3H2,(H,18,19). The van der Waals surface area contributed by atoms with Gasteiger partial charge in [-0.15, -0.1) is 0 Å². The Hall–Kier alpha value is -2.19. The lowest BCUT2D eigenvalue weighted by Gasteiger charge is -2.15. The van der Waals surface area contributed by atoms with E-state index >= 15 is 0 Å². The average Bonchev–Trinajstić information content (AvgIpc) is 2.71. The van der Waals surface area contributed by atoms with Crippen molar-refractivity contribution >= 4 is 17.7 Å². The molecule has 1 N–H and O–H groups in total. The summed E-state index contributed by atoms with van der Waals surface area (Å²) < 4.78 is 37.4. The number of rotatable bonds is 2. The molecule has 1 fully saturated rings. The summed E-state index contributed by atoms with van der Waals surface area (Å²) >= 11 is 0. The van der Waals surface area contributed by atoms with Crippen LogP contribution in [0.25, 0.3) is 0 Å². The predicted octanol–water partition coefficient (Wildman–Crippen LogP) is 0.933. The van der Waals surface area contributed by atoms with E-state index in [9.17, 15) is 22.8 Å². The Labute approximate surface area is 104 Å². The second kappa shape index (κ2) is 4.48. The monoisotopic (exact) mass is 275 g/mol. The third-order valence-corrected chi connectivity index (χ3v) is 2.69. The van der Waals surface area contributed by atoms with E-state index in [2.05, 4.69) is 9.97 Å². The van der Waals surface area contributed by atoms with Crippen LogP contribution in [0.2, 0.25) is 0 Å². The second-order valence-corrected chi connectivity index (χ2v) is 4.00. The van der Waals surface area contributed by atoms with E-state index < -0.39 is 29.7 Å². The number of aliphatic carboxylic acids is 1. The molecule has 0 radical (unpaired) electrons. The molecule has 0 bridgehead atoms. The van der Waals surface area contributed by atoms with Crippen LogP contribution in [0.3, 0.4) is 0 Å². The second-order valence-electron chi connectivity index (χ2n) is 4.00. The Balaban J connectivity index is 2.28. The Morgan fingerprint density at radius 3 is 2.63 bits per heavy atom. The number of alkyl halides is 3. The summed E-state index contributed by atoms with van der Waals surface area (Å²) in [5.41, 5.74) is -1.18. The Morgan fingerprint density at radius 2 is 2.11 bits per heavy atom. The van der Waals surface area contributed by atoms with Crippen LogP contribution in [-0.4, -0.2) is 33.5 Å². The molecule has 0 spiro atoms. The van der Waals surface area contributed by atoms with Crippen molar-refractivity contribution in [2.75, 3.05) is 11.4 Å². The van der Waals surface area contributed by atoms with Crippen LogP contribution < -0.4 is 4.90 Å². The highest BCUT2D eigenvalue weighted by atomic mass is 19.4. The summed E-state index contributed by atoms with van der Waals surface area (Å²) in [6.07, 6.45) is -4.20. The molecule has 1 aromatic rings. The van der Waals surface area contributed by atoms with Gasteiger partial charge in [0.1, 0.15) is 17.8 Å². The molecule has 1 aliphatic heterocycles. The number of halogens is 3. The van der Waals surface area contributed by atoms with Gasteiger partial charge in [0.05, 0.1) is 5.92 Å². The van der Waals surface area contributed by atoms with Crippen LogP contribution in [0.4, 0.5) is 19.0 Å². The van der Waals surface area contributed by atoms with Crippen LogP contribution in [0.1, 0.15) is 12.1 Å². The highest BCUT2D eigenvalue weighted by Gasteiger charge is 2.38. The number of hydrogen-bond acceptors (Lipinski definition) is 4. The van der Waals surface area contributed by atoms with Gasteiger partial charge < -0.3 is 5.11 Å². The van der Waals surface area contributed by atoms with Gasteiger partial charge in [-0.1, -0.05) is 0 Å². The summed E-state index contributed by atoms with van der Waals surface area (Å²) in [4.78, 5) is 29.9. The zero-order chi connectivity index (χ0) is 14.2. The molecule has 0 aliphatic carbocycles. The van der Waals surface area contributed by atoms with Crippen molar-refractivity contribution in [2.24, 2.45) is 5.92 Å². The molecule has 1 atom stereocenters. The number of carbonyl (C=O) groups excluding carboxylic acids is 1. The third kappa shape index (κ3) is 2.64. The van der Waals surface area contributed by atoms with Crippen molar-refractivity contribution in [3.05, 3.63) is 18.1 Å². The lowest BCUT2D eigenvalue weighted by molar-refractivity contribution is -0.142. The van der Waals surface area contributed by atoms with E-state index in [1.165, 1.54) is 0 Å². The van der Waals surface area contributed by atoms with E-state index in [4.69, 9.17) is 5.11 Å². The van der Waals surface area contributed by atoms with Gasteiger partial charge in [-0.25, -0.2) is 9.97 Å². The number of nitrogens with zero attached hydrogens (tertiary/aromatic N) is 3. The topological polar surface area (TPSA) is 83.4 Å². The lowest BCUT2D eigenvalue weighted by Crippen LogP contribution is -2.27. The molecular weight excluding hydrogens is 267 g/mol. The number of aromatic nitrogens is 2. The number of carboxylic acids is 1. The van der Waals surface area contributed by atoms with Gasteiger partial charge >= 0.3 is 12.1 Å². The molecule has 1 saturated heterocycles. The largest absolute Gasteiger partial charge is 0.481 e. The fraction of sp³-hybridized carbons (Fsp3) is 0.400. The molecule has 0 saturated carbocycles. The normalized spacial score (nSPS) is 19.8. The predicted molar refractivity (Wildman–Crippen MR) is 55.1 cm³/mol. The van der Waals surface area contributed by atoms with Gasteiger partial charge in [0.2, 0.25) is 5.91 Å². The Bertz CT molecular complexity index is 532. The zero-order valence-corrected chi connectivity index (χ0v) is 9.39. The molecule has 0 aromatic carbocycles. The van der Waals surface area contributed by atoms with E-state index in [0.717, 1.165) is 4.90 Å². The minimum absolute atomic E-state index is 0.192. The quantitative estimate of drug-likeness (QED) is 0.868. The molecular formula is C10H8F3N3O3. The zero-order valence-electron chi connectivity index (χ0n) is 9.39. The maximum absolute atomic E-state index is 12.5. The molecule has 1 aliphatic rings. The summed E-state index contributed by atoms with van der Waals surface area (Å²) in [7, 11) is 0. The number of amides is 1. The minimum Gasteiger partial charge on any atom is -0.481 e. The lowest BCUT2D eigenvalue weighted by atomic mass is 10.1. The van der Waals surface area contributed by atoms with Gasteiger partial charge in [-0.3, -0.25) is 14.5 Å². The van der Waals surface area contributed by atoms with E-state index in [1.54, 1.807) is 0 Å². The van der Waals surface area contributed by atoms with Crippen LogP contribution in [0.15, 0.2) is 12.4 Å². The van der Waals surface area contributed by atoms with Gasteiger partial charge in [-0.2, -0.15) is 13.2 Å². The van der Waals surface area contributed by atoms with Crippen LogP contribution >= 0.6 is 0 Å². The van der Waals surface area contributed by atoms with Crippen LogP contribution in [0, 0.1) is 5.92 Å². The first-order valence-electron chi connectivity index (χ1n) is 5.21. The number of carboxylic acid groups (broad SMARTS) is 1. The van der Waals surface area contributed by atoms with Crippen LogP contribution in [-0.2, 0) is 15.8 Å². The first-order chi connectivity index (χ1) is 8.79.